The van der Waals surface area contributed by atoms with E-state index in [0.29, 0.717) is 41.6 Å². The van der Waals surface area contributed by atoms with E-state index in [0.717, 1.165) is 23.4 Å². The molecule has 0 aliphatic carbocycles. The van der Waals surface area contributed by atoms with Crippen molar-refractivity contribution < 1.29 is 9.18 Å². The molecule has 0 saturated carbocycles. The van der Waals surface area contributed by atoms with Crippen molar-refractivity contribution in [2.45, 2.75) is 19.6 Å². The predicted octanol–water partition coefficient (Wildman–Crippen LogP) is 2.59. The summed E-state index contributed by atoms with van der Waals surface area (Å²) < 4.78 is 15.3. The van der Waals surface area contributed by atoms with Crippen molar-refractivity contribution in [1.82, 2.24) is 24.3 Å². The Morgan fingerprint density at radius 3 is 2.90 bits per heavy atom. The van der Waals surface area contributed by atoms with E-state index in [-0.39, 0.29) is 5.82 Å². The van der Waals surface area contributed by atoms with Crippen molar-refractivity contribution in [3.63, 3.8) is 0 Å². The number of rotatable bonds is 5. The molecule has 0 unspecified atom stereocenters. The van der Waals surface area contributed by atoms with Gasteiger partial charge in [0, 0.05) is 31.4 Å². The molecule has 8 nitrogen and oxygen atoms in total. The zero-order chi connectivity index (χ0) is 21.5. The Bertz CT molecular complexity index is 1320. The Morgan fingerprint density at radius 2 is 2.10 bits per heavy atom. The molecule has 0 fully saturated rings. The van der Waals surface area contributed by atoms with Crippen molar-refractivity contribution in [2.24, 2.45) is 5.73 Å². The average molecular weight is 417 g/mol. The van der Waals surface area contributed by atoms with Crippen molar-refractivity contribution in [3.8, 4) is 11.6 Å². The van der Waals surface area contributed by atoms with Gasteiger partial charge in [-0.3, -0.25) is 14.1 Å². The molecule has 5 rings (SSSR count). The number of hydrogen-bond acceptors (Lipinski definition) is 6. The SMILES string of the molecule is CN1Cc2nc(-c3ncc4c(C(N)=O)cccn34)nc(NCc3cccc(F)c3)c2C1. The number of pyridine rings is 1. The Balaban J connectivity index is 1.57. The molecule has 0 radical (unpaired) electrons. The maximum atomic E-state index is 13.5. The minimum Gasteiger partial charge on any atom is -0.366 e. The highest BCUT2D eigenvalue weighted by Gasteiger charge is 2.25. The highest BCUT2D eigenvalue weighted by atomic mass is 19.1. The van der Waals surface area contributed by atoms with Gasteiger partial charge < -0.3 is 11.1 Å². The molecule has 0 spiro atoms. The summed E-state index contributed by atoms with van der Waals surface area (Å²) in [7, 11) is 2.02. The molecule has 9 heteroatoms. The highest BCUT2D eigenvalue weighted by molar-refractivity contribution is 5.99. The van der Waals surface area contributed by atoms with Crippen molar-refractivity contribution >= 4 is 17.2 Å². The minimum atomic E-state index is -0.522. The molecule has 1 amide bonds. The van der Waals surface area contributed by atoms with Gasteiger partial charge in [-0.1, -0.05) is 12.1 Å². The van der Waals surface area contributed by atoms with Crippen LogP contribution >= 0.6 is 0 Å². The third-order valence-corrected chi connectivity index (χ3v) is 5.33. The molecule has 0 bridgehead atoms. The predicted molar refractivity (Wildman–Crippen MR) is 114 cm³/mol. The highest BCUT2D eigenvalue weighted by Crippen LogP contribution is 2.29. The number of carbonyl (C=O) groups is 1. The Kier molecular flexibility index (Phi) is 4.59. The lowest BCUT2D eigenvalue weighted by atomic mass is 10.2. The third kappa shape index (κ3) is 3.49. The van der Waals surface area contributed by atoms with Crippen molar-refractivity contribution in [1.29, 1.82) is 0 Å². The monoisotopic (exact) mass is 417 g/mol. The number of primary amides is 1. The number of halogens is 1. The minimum absolute atomic E-state index is 0.276. The van der Waals surface area contributed by atoms with Gasteiger partial charge in [-0.2, -0.15) is 0 Å². The van der Waals surface area contributed by atoms with Crippen molar-refractivity contribution in [3.05, 3.63) is 77.0 Å². The largest absolute Gasteiger partial charge is 0.366 e. The van der Waals surface area contributed by atoms with E-state index in [1.807, 2.05) is 13.1 Å². The molecule has 1 aliphatic heterocycles. The summed E-state index contributed by atoms with van der Waals surface area (Å²) in [5.41, 5.74) is 9.22. The van der Waals surface area contributed by atoms with E-state index in [9.17, 15) is 9.18 Å². The van der Waals surface area contributed by atoms with Gasteiger partial charge in [0.25, 0.3) is 5.91 Å². The fourth-order valence-corrected chi connectivity index (χ4v) is 3.88. The first-order valence-corrected chi connectivity index (χ1v) is 9.82. The second kappa shape index (κ2) is 7.44. The molecule has 3 aromatic heterocycles. The van der Waals surface area contributed by atoms with Crippen LogP contribution in [0.2, 0.25) is 0 Å². The Hall–Kier alpha value is -3.85. The standard InChI is InChI=1S/C22H20FN7O/c1-29-11-16-17(12-29)27-21(28-20(16)25-9-13-4-2-5-14(23)8-13)22-26-10-18-15(19(24)31)6-3-7-30(18)22/h2-8,10H,9,11-12H2,1H3,(H2,24,31)(H,25,27,28). The summed E-state index contributed by atoms with van der Waals surface area (Å²) in [5.74, 6) is 0.853. The molecule has 0 atom stereocenters. The van der Waals surface area contributed by atoms with E-state index in [1.54, 1.807) is 35.0 Å². The van der Waals surface area contributed by atoms with E-state index in [4.69, 9.17) is 15.7 Å². The maximum absolute atomic E-state index is 13.5. The number of amides is 1. The lowest BCUT2D eigenvalue weighted by Crippen LogP contribution is -2.12. The Morgan fingerprint density at radius 1 is 1.23 bits per heavy atom. The first-order valence-electron chi connectivity index (χ1n) is 9.82. The van der Waals surface area contributed by atoms with Gasteiger partial charge in [0.1, 0.15) is 11.6 Å². The zero-order valence-electron chi connectivity index (χ0n) is 16.8. The summed E-state index contributed by atoms with van der Waals surface area (Å²) in [6, 6.07) is 9.86. The summed E-state index contributed by atoms with van der Waals surface area (Å²) in [6.07, 6.45) is 3.39. The smallest absolute Gasteiger partial charge is 0.250 e. The molecule has 4 aromatic rings. The van der Waals surface area contributed by atoms with Crippen LogP contribution in [0.4, 0.5) is 10.2 Å². The number of anilines is 1. The number of imidazole rings is 1. The molecule has 0 saturated heterocycles. The molecule has 1 aliphatic rings. The third-order valence-electron chi connectivity index (χ3n) is 5.33. The van der Waals surface area contributed by atoms with Gasteiger partial charge >= 0.3 is 0 Å². The van der Waals surface area contributed by atoms with Crippen LogP contribution in [0.25, 0.3) is 17.2 Å². The topological polar surface area (TPSA) is 101 Å². The maximum Gasteiger partial charge on any atom is 0.250 e. The fraction of sp³-hybridized carbons (Fsp3) is 0.182. The number of benzene rings is 1. The number of nitrogens with one attached hydrogen (secondary N) is 1. The molecule has 31 heavy (non-hydrogen) atoms. The molecule has 156 valence electrons. The van der Waals surface area contributed by atoms with Crippen LogP contribution in [0.3, 0.4) is 0 Å². The van der Waals surface area contributed by atoms with Crippen LogP contribution in [0.15, 0.2) is 48.8 Å². The van der Waals surface area contributed by atoms with Crippen LogP contribution in [0, 0.1) is 5.82 Å². The molecular formula is C22H20FN7O. The number of fused-ring (bicyclic) bond motifs is 2. The van der Waals surface area contributed by atoms with Crippen LogP contribution in [-0.2, 0) is 19.6 Å². The van der Waals surface area contributed by atoms with Gasteiger partial charge in [-0.25, -0.2) is 19.3 Å². The second-order valence-electron chi connectivity index (χ2n) is 7.60. The second-order valence-corrected chi connectivity index (χ2v) is 7.60. The number of carbonyl (C=O) groups excluding carboxylic acids is 1. The van der Waals surface area contributed by atoms with E-state index >= 15 is 0 Å². The van der Waals surface area contributed by atoms with Crippen LogP contribution in [0.5, 0.6) is 0 Å². The van der Waals surface area contributed by atoms with Gasteiger partial charge in [0.05, 0.1) is 23.0 Å². The lowest BCUT2D eigenvalue weighted by Gasteiger charge is -2.12. The molecular weight excluding hydrogens is 397 g/mol. The van der Waals surface area contributed by atoms with Crippen molar-refractivity contribution in [2.75, 3.05) is 12.4 Å². The van der Waals surface area contributed by atoms with E-state index in [2.05, 4.69) is 15.2 Å². The summed E-state index contributed by atoms with van der Waals surface area (Å²) in [5, 5.41) is 3.33. The molecule has 4 heterocycles. The molecule has 1 aromatic carbocycles. The van der Waals surface area contributed by atoms with E-state index < -0.39 is 5.91 Å². The first-order chi connectivity index (χ1) is 15.0. The van der Waals surface area contributed by atoms with Gasteiger partial charge in [-0.15, -0.1) is 0 Å². The Labute approximate surface area is 177 Å². The van der Waals surface area contributed by atoms with Gasteiger partial charge in [0.2, 0.25) is 0 Å². The van der Waals surface area contributed by atoms with Crippen LogP contribution < -0.4 is 11.1 Å². The van der Waals surface area contributed by atoms with E-state index in [1.165, 1.54) is 12.1 Å². The zero-order valence-corrected chi connectivity index (χ0v) is 16.8. The summed E-state index contributed by atoms with van der Waals surface area (Å²) >= 11 is 0. The normalized spacial score (nSPS) is 13.5. The van der Waals surface area contributed by atoms with Crippen LogP contribution in [0.1, 0.15) is 27.2 Å². The van der Waals surface area contributed by atoms with Gasteiger partial charge in [-0.05, 0) is 36.9 Å². The summed E-state index contributed by atoms with van der Waals surface area (Å²) in [6.45, 7) is 1.84. The molecule has 3 N–H and O–H groups in total. The quantitative estimate of drug-likeness (QED) is 0.518. The fourth-order valence-electron chi connectivity index (χ4n) is 3.88. The van der Waals surface area contributed by atoms with Crippen LogP contribution in [-0.4, -0.2) is 37.2 Å². The average Bonchev–Trinajstić information content (AvgIpc) is 3.34. The number of nitrogens with two attached hydrogens (primary N) is 1. The number of aromatic nitrogens is 4. The lowest BCUT2D eigenvalue weighted by molar-refractivity contribution is 0.100. The summed E-state index contributed by atoms with van der Waals surface area (Å²) in [4.78, 5) is 27.9. The first kappa shape index (κ1) is 19.1. The number of nitrogens with zero attached hydrogens (tertiary/aromatic N) is 5. The number of hydrogen-bond donors (Lipinski definition) is 2. The van der Waals surface area contributed by atoms with Gasteiger partial charge in [0.15, 0.2) is 11.6 Å².